The molecule has 1 heterocycles. The molecule has 7 nitrogen and oxygen atoms in total. The molecule has 1 rings (SSSR count). The summed E-state index contributed by atoms with van der Waals surface area (Å²) in [7, 11) is 1.20. The van der Waals surface area contributed by atoms with Crippen molar-refractivity contribution < 1.29 is 28.8 Å². The highest BCUT2D eigenvalue weighted by Crippen LogP contribution is 2.13. The molecule has 0 radical (unpaired) electrons. The Morgan fingerprint density at radius 1 is 1.22 bits per heavy atom. The van der Waals surface area contributed by atoms with E-state index in [9.17, 15) is 19.2 Å². The summed E-state index contributed by atoms with van der Waals surface area (Å²) in [4.78, 5) is 49.2. The summed E-state index contributed by atoms with van der Waals surface area (Å²) in [6, 6.07) is 0. The molecule has 1 aliphatic heterocycles. The van der Waals surface area contributed by atoms with E-state index in [0.717, 1.165) is 0 Å². The maximum atomic E-state index is 11.3. The third-order valence-electron chi connectivity index (χ3n) is 2.30. The molecule has 0 unspecified atom stereocenters. The predicted molar refractivity (Wildman–Crippen MR) is 57.6 cm³/mol. The van der Waals surface area contributed by atoms with Crippen molar-refractivity contribution in [1.82, 2.24) is 5.06 Å². The number of methoxy groups -OCH3 is 1. The Hall–Kier alpha value is -2.18. The lowest BCUT2D eigenvalue weighted by Gasteiger charge is -2.12. The van der Waals surface area contributed by atoms with E-state index in [-0.39, 0.29) is 31.3 Å². The van der Waals surface area contributed by atoms with Crippen molar-refractivity contribution in [3.05, 3.63) is 12.2 Å². The van der Waals surface area contributed by atoms with E-state index in [4.69, 9.17) is 0 Å². The minimum Gasteiger partial charge on any atom is -0.466 e. The molecule has 2 amide bonds. The molecule has 1 saturated heterocycles. The molecular weight excluding hydrogens is 242 g/mol. The number of amides is 2. The van der Waals surface area contributed by atoms with E-state index >= 15 is 0 Å². The van der Waals surface area contributed by atoms with E-state index in [1.54, 1.807) is 0 Å². The fourth-order valence-electron chi connectivity index (χ4n) is 1.30. The predicted octanol–water partition coefficient (Wildman–Crippen LogP) is 0.103. The van der Waals surface area contributed by atoms with Gasteiger partial charge < -0.3 is 9.57 Å². The van der Waals surface area contributed by atoms with Gasteiger partial charge in [0, 0.05) is 18.4 Å². The molecule has 0 atom stereocenters. The molecule has 0 N–H and O–H groups in total. The van der Waals surface area contributed by atoms with Gasteiger partial charge >= 0.3 is 11.9 Å². The summed E-state index contributed by atoms with van der Waals surface area (Å²) < 4.78 is 4.40. The fourth-order valence-corrected chi connectivity index (χ4v) is 1.30. The van der Waals surface area contributed by atoms with Crippen LogP contribution in [0.5, 0.6) is 0 Å². The Bertz CT molecular complexity index is 398. The molecule has 1 fully saturated rings. The van der Waals surface area contributed by atoms with Crippen LogP contribution < -0.4 is 0 Å². The first kappa shape index (κ1) is 13.9. The monoisotopic (exact) mass is 255 g/mol. The van der Waals surface area contributed by atoms with Crippen molar-refractivity contribution >= 4 is 23.8 Å². The summed E-state index contributed by atoms with van der Waals surface area (Å²) in [5, 5.41) is 0.462. The van der Waals surface area contributed by atoms with Gasteiger partial charge in [-0.25, -0.2) is 9.59 Å². The lowest BCUT2D eigenvalue weighted by atomic mass is 10.2. The Morgan fingerprint density at radius 2 is 1.78 bits per heavy atom. The smallest absolute Gasteiger partial charge is 0.333 e. The van der Waals surface area contributed by atoms with E-state index in [1.165, 1.54) is 7.11 Å². The topological polar surface area (TPSA) is 90.0 Å². The number of hydroxylamine groups is 2. The maximum Gasteiger partial charge on any atom is 0.333 e. The normalized spacial score (nSPS) is 14.6. The minimum atomic E-state index is -0.774. The Labute approximate surface area is 103 Å². The van der Waals surface area contributed by atoms with Crippen molar-refractivity contribution in [3.63, 3.8) is 0 Å². The number of rotatable bonds is 5. The highest BCUT2D eigenvalue weighted by molar-refractivity contribution is 6.01. The highest BCUT2D eigenvalue weighted by atomic mass is 16.7. The number of esters is 1. The van der Waals surface area contributed by atoms with Crippen LogP contribution in [0.2, 0.25) is 0 Å². The number of carbonyl (C=O) groups excluding carboxylic acids is 4. The van der Waals surface area contributed by atoms with Gasteiger partial charge in [-0.3, -0.25) is 9.59 Å². The van der Waals surface area contributed by atoms with Crippen LogP contribution in [0, 0.1) is 0 Å². The maximum absolute atomic E-state index is 11.3. The van der Waals surface area contributed by atoms with E-state index in [1.807, 2.05) is 0 Å². The van der Waals surface area contributed by atoms with Crippen molar-refractivity contribution in [2.75, 3.05) is 7.11 Å². The van der Waals surface area contributed by atoms with Gasteiger partial charge in [0.15, 0.2) is 0 Å². The SMILES string of the molecule is C=C(CCC(=O)ON1C(=O)CCC1=O)C(=O)OC. The number of carbonyl (C=O) groups is 4. The molecule has 0 bridgehead atoms. The van der Waals surface area contributed by atoms with Gasteiger partial charge in [0.05, 0.1) is 13.5 Å². The summed E-state index contributed by atoms with van der Waals surface area (Å²) in [6.07, 6.45) is -0.0331. The molecule has 0 aromatic heterocycles. The van der Waals surface area contributed by atoms with Gasteiger partial charge in [-0.05, 0) is 6.42 Å². The Balaban J connectivity index is 2.38. The van der Waals surface area contributed by atoms with Gasteiger partial charge in [-0.1, -0.05) is 6.58 Å². The van der Waals surface area contributed by atoms with Gasteiger partial charge in [-0.15, -0.1) is 5.06 Å². The van der Waals surface area contributed by atoms with Gasteiger partial charge in [0.25, 0.3) is 11.8 Å². The Morgan fingerprint density at radius 3 is 2.28 bits per heavy atom. The van der Waals surface area contributed by atoms with E-state index < -0.39 is 23.8 Å². The molecule has 18 heavy (non-hydrogen) atoms. The largest absolute Gasteiger partial charge is 0.466 e. The third-order valence-corrected chi connectivity index (χ3v) is 2.30. The third kappa shape index (κ3) is 3.41. The first-order valence-corrected chi connectivity index (χ1v) is 5.28. The van der Waals surface area contributed by atoms with Crippen LogP contribution >= 0.6 is 0 Å². The Kier molecular flexibility index (Phi) is 4.59. The molecule has 98 valence electrons. The summed E-state index contributed by atoms with van der Waals surface area (Å²) in [5.74, 6) is -2.47. The molecule has 0 aromatic rings. The molecule has 0 saturated carbocycles. The van der Waals surface area contributed by atoms with Crippen molar-refractivity contribution in [3.8, 4) is 0 Å². The number of hydrogen-bond acceptors (Lipinski definition) is 6. The lowest BCUT2D eigenvalue weighted by molar-refractivity contribution is -0.197. The lowest BCUT2D eigenvalue weighted by Crippen LogP contribution is -2.32. The van der Waals surface area contributed by atoms with Crippen molar-refractivity contribution in [1.29, 1.82) is 0 Å². The number of hydrogen-bond donors (Lipinski definition) is 0. The zero-order valence-electron chi connectivity index (χ0n) is 9.93. The summed E-state index contributed by atoms with van der Waals surface area (Å²) >= 11 is 0. The van der Waals surface area contributed by atoms with Crippen LogP contribution in [0.1, 0.15) is 25.7 Å². The van der Waals surface area contributed by atoms with Crippen LogP contribution in [-0.2, 0) is 28.8 Å². The average molecular weight is 255 g/mol. The average Bonchev–Trinajstić information content (AvgIpc) is 2.66. The summed E-state index contributed by atoms with van der Waals surface area (Å²) in [6.45, 7) is 3.43. The number of ether oxygens (including phenoxy) is 1. The zero-order valence-corrected chi connectivity index (χ0v) is 9.93. The van der Waals surface area contributed by atoms with Crippen LogP contribution in [0.15, 0.2) is 12.2 Å². The molecule has 1 aliphatic rings. The van der Waals surface area contributed by atoms with Crippen LogP contribution in [0.25, 0.3) is 0 Å². The molecular formula is C11H13NO6. The molecule has 7 heteroatoms. The minimum absolute atomic E-state index is 0.0426. The fraction of sp³-hybridized carbons (Fsp3) is 0.455. The number of imide groups is 1. The molecule has 0 spiro atoms. The zero-order chi connectivity index (χ0) is 13.7. The quantitative estimate of drug-likeness (QED) is 0.393. The van der Waals surface area contributed by atoms with E-state index in [2.05, 4.69) is 16.2 Å². The van der Waals surface area contributed by atoms with Crippen molar-refractivity contribution in [2.45, 2.75) is 25.7 Å². The standard InChI is InChI=1S/C11H13NO6/c1-7(11(16)17-2)3-6-10(15)18-12-8(13)4-5-9(12)14/h1,3-6H2,2H3. The van der Waals surface area contributed by atoms with E-state index in [0.29, 0.717) is 5.06 Å². The summed E-state index contributed by atoms with van der Waals surface area (Å²) in [5.41, 5.74) is 0.119. The highest BCUT2D eigenvalue weighted by Gasteiger charge is 2.32. The van der Waals surface area contributed by atoms with Crippen LogP contribution in [-0.4, -0.2) is 35.9 Å². The second-order valence-electron chi connectivity index (χ2n) is 3.64. The van der Waals surface area contributed by atoms with Gasteiger partial charge in [-0.2, -0.15) is 0 Å². The molecule has 0 aromatic carbocycles. The first-order chi connectivity index (χ1) is 8.45. The first-order valence-electron chi connectivity index (χ1n) is 5.28. The second kappa shape index (κ2) is 5.95. The molecule has 0 aliphatic carbocycles. The van der Waals surface area contributed by atoms with Crippen LogP contribution in [0.3, 0.4) is 0 Å². The van der Waals surface area contributed by atoms with Crippen LogP contribution in [0.4, 0.5) is 0 Å². The second-order valence-corrected chi connectivity index (χ2v) is 3.64. The van der Waals surface area contributed by atoms with Gasteiger partial charge in [0.1, 0.15) is 0 Å². The number of nitrogens with zero attached hydrogens (tertiary/aromatic N) is 1. The van der Waals surface area contributed by atoms with Gasteiger partial charge in [0.2, 0.25) is 0 Å². The van der Waals surface area contributed by atoms with Crippen molar-refractivity contribution in [2.24, 2.45) is 0 Å².